The molecule has 0 radical (unpaired) electrons. The van der Waals surface area contributed by atoms with Gasteiger partial charge in [-0.3, -0.25) is 4.79 Å². The molecule has 3 nitrogen and oxygen atoms in total. The van der Waals surface area contributed by atoms with Crippen molar-refractivity contribution in [2.75, 3.05) is 6.61 Å². The highest BCUT2D eigenvalue weighted by Gasteiger charge is 2.24. The van der Waals surface area contributed by atoms with E-state index in [1.807, 2.05) is 0 Å². The van der Waals surface area contributed by atoms with Crippen LogP contribution >= 0.6 is 0 Å². The molecule has 0 aromatic carbocycles. The average molecular weight is 222 g/mol. The van der Waals surface area contributed by atoms with Gasteiger partial charge in [-0.1, -0.05) is 6.42 Å². The third-order valence-electron chi connectivity index (χ3n) is 2.81. The average Bonchev–Trinajstić information content (AvgIpc) is 2.14. The molecule has 1 fully saturated rings. The number of rotatable bonds is 5. The van der Waals surface area contributed by atoms with Crippen LogP contribution in [-0.2, 0) is 9.53 Å². The first-order valence-corrected chi connectivity index (χ1v) is 5.19. The van der Waals surface area contributed by atoms with E-state index in [0.717, 1.165) is 19.3 Å². The zero-order chi connectivity index (χ0) is 11.3. The first kappa shape index (κ1) is 12.4. The maximum absolute atomic E-state index is 11.8. The Hall–Kier alpha value is -0.710. The number of alkyl halides is 2. The number of ether oxygens (including phenoxy) is 1. The van der Waals surface area contributed by atoms with Gasteiger partial charge in [0.25, 0.3) is 0 Å². The molecule has 5 heteroatoms. The monoisotopic (exact) mass is 222 g/mol. The lowest BCUT2D eigenvalue weighted by Crippen LogP contribution is -2.22. The van der Waals surface area contributed by atoms with Gasteiger partial charge in [0.05, 0.1) is 6.61 Å². The Morgan fingerprint density at radius 2 is 2.07 bits per heavy atom. The smallest absolute Gasteiger partial charge is 0.345 e. The van der Waals surface area contributed by atoms with Crippen molar-refractivity contribution in [3.8, 4) is 0 Å². The van der Waals surface area contributed by atoms with Gasteiger partial charge in [0.1, 0.15) is 0 Å². The summed E-state index contributed by atoms with van der Waals surface area (Å²) in [6, 6.07) is 0. The zero-order valence-electron chi connectivity index (χ0n) is 8.49. The van der Waals surface area contributed by atoms with E-state index in [1.54, 1.807) is 0 Å². The Bertz CT molecular complexity index is 209. The first-order valence-electron chi connectivity index (χ1n) is 5.19. The number of aliphatic carboxylic acids is 1. The summed E-state index contributed by atoms with van der Waals surface area (Å²) in [4.78, 5) is 10.5. The van der Waals surface area contributed by atoms with Gasteiger partial charge in [-0.2, -0.15) is 8.78 Å². The van der Waals surface area contributed by atoms with Crippen LogP contribution in [0.4, 0.5) is 8.78 Å². The van der Waals surface area contributed by atoms with Crippen LogP contribution in [0.1, 0.15) is 32.1 Å². The molecule has 0 aliphatic heterocycles. The quantitative estimate of drug-likeness (QED) is 0.777. The van der Waals surface area contributed by atoms with Gasteiger partial charge in [-0.25, -0.2) is 0 Å². The maximum Gasteiger partial charge on any atom is 0.345 e. The van der Waals surface area contributed by atoms with Gasteiger partial charge in [0, 0.05) is 6.42 Å². The van der Waals surface area contributed by atoms with Gasteiger partial charge < -0.3 is 9.84 Å². The van der Waals surface area contributed by atoms with Crippen molar-refractivity contribution in [2.24, 2.45) is 11.8 Å². The van der Waals surface area contributed by atoms with E-state index in [2.05, 4.69) is 4.74 Å². The number of carbonyl (C=O) groups is 1. The van der Waals surface area contributed by atoms with Gasteiger partial charge in [-0.05, 0) is 31.1 Å². The van der Waals surface area contributed by atoms with Crippen molar-refractivity contribution >= 4 is 5.97 Å². The molecule has 0 aromatic heterocycles. The van der Waals surface area contributed by atoms with Crippen molar-refractivity contribution in [1.82, 2.24) is 0 Å². The van der Waals surface area contributed by atoms with Crippen LogP contribution in [0.15, 0.2) is 0 Å². The van der Waals surface area contributed by atoms with E-state index in [0.29, 0.717) is 6.42 Å². The van der Waals surface area contributed by atoms with Crippen LogP contribution in [-0.4, -0.2) is 24.3 Å². The zero-order valence-corrected chi connectivity index (χ0v) is 8.49. The molecule has 1 saturated carbocycles. The van der Waals surface area contributed by atoms with Gasteiger partial charge in [-0.15, -0.1) is 0 Å². The second-order valence-corrected chi connectivity index (χ2v) is 4.09. The maximum atomic E-state index is 11.8. The van der Waals surface area contributed by atoms with Gasteiger partial charge >= 0.3 is 12.6 Å². The molecule has 1 aliphatic carbocycles. The summed E-state index contributed by atoms with van der Waals surface area (Å²) < 4.78 is 27.8. The Morgan fingerprint density at radius 1 is 1.40 bits per heavy atom. The fraction of sp³-hybridized carbons (Fsp3) is 0.900. The third kappa shape index (κ3) is 5.06. The summed E-state index contributed by atoms with van der Waals surface area (Å²) >= 11 is 0. The fourth-order valence-electron chi connectivity index (χ4n) is 2.19. The highest BCUT2D eigenvalue weighted by atomic mass is 19.3. The van der Waals surface area contributed by atoms with Crippen molar-refractivity contribution in [3.63, 3.8) is 0 Å². The van der Waals surface area contributed by atoms with Crippen LogP contribution in [0.5, 0.6) is 0 Å². The molecule has 0 saturated heterocycles. The molecule has 0 aromatic rings. The van der Waals surface area contributed by atoms with E-state index >= 15 is 0 Å². The number of halogens is 2. The Balaban J connectivity index is 2.25. The predicted molar refractivity (Wildman–Crippen MR) is 49.7 cm³/mol. The van der Waals surface area contributed by atoms with Crippen LogP contribution in [0.25, 0.3) is 0 Å². The van der Waals surface area contributed by atoms with Crippen molar-refractivity contribution in [2.45, 2.75) is 38.7 Å². The van der Waals surface area contributed by atoms with Gasteiger partial charge in [0.2, 0.25) is 0 Å². The molecule has 1 rings (SSSR count). The normalized spacial score (nSPS) is 26.9. The molecule has 0 heterocycles. The predicted octanol–water partition coefficient (Wildman–Crippen LogP) is 2.51. The van der Waals surface area contributed by atoms with E-state index < -0.39 is 12.6 Å². The van der Waals surface area contributed by atoms with Crippen molar-refractivity contribution in [1.29, 1.82) is 0 Å². The lowest BCUT2D eigenvalue weighted by molar-refractivity contribution is -0.144. The minimum atomic E-state index is -2.72. The summed E-state index contributed by atoms with van der Waals surface area (Å²) in [7, 11) is 0. The summed E-state index contributed by atoms with van der Waals surface area (Å²) in [6.45, 7) is -2.67. The molecule has 1 aliphatic rings. The van der Waals surface area contributed by atoms with E-state index in [-0.39, 0.29) is 24.9 Å². The summed E-state index contributed by atoms with van der Waals surface area (Å²) in [5.74, 6) is -0.588. The minimum absolute atomic E-state index is 0.0494. The molecule has 0 bridgehead atoms. The van der Waals surface area contributed by atoms with E-state index in [1.165, 1.54) is 0 Å². The summed E-state index contributed by atoms with van der Waals surface area (Å²) in [5, 5.41) is 8.62. The summed E-state index contributed by atoms with van der Waals surface area (Å²) in [5.41, 5.74) is 0. The second kappa shape index (κ2) is 6.00. The third-order valence-corrected chi connectivity index (χ3v) is 2.81. The molecule has 0 spiro atoms. The molecule has 0 amide bonds. The molecular formula is C10H16F2O3. The second-order valence-electron chi connectivity index (χ2n) is 4.09. The number of hydrogen-bond acceptors (Lipinski definition) is 2. The topological polar surface area (TPSA) is 46.5 Å². The molecule has 88 valence electrons. The Morgan fingerprint density at radius 3 is 2.67 bits per heavy atom. The van der Waals surface area contributed by atoms with Gasteiger partial charge in [0.15, 0.2) is 0 Å². The largest absolute Gasteiger partial charge is 0.481 e. The molecule has 2 atom stereocenters. The number of carboxylic acid groups (broad SMARTS) is 1. The lowest BCUT2D eigenvalue weighted by Gasteiger charge is -2.27. The van der Waals surface area contributed by atoms with Crippen LogP contribution in [0.3, 0.4) is 0 Å². The Kier molecular flexibility index (Phi) is 4.94. The highest BCUT2D eigenvalue weighted by molar-refractivity contribution is 5.67. The SMILES string of the molecule is O=C(O)CC1CCCC(COC(F)F)C1. The fourth-order valence-corrected chi connectivity index (χ4v) is 2.19. The van der Waals surface area contributed by atoms with Crippen LogP contribution in [0, 0.1) is 11.8 Å². The van der Waals surface area contributed by atoms with E-state index in [9.17, 15) is 13.6 Å². The lowest BCUT2D eigenvalue weighted by atomic mass is 9.80. The molecular weight excluding hydrogens is 206 g/mol. The number of carboxylic acids is 1. The van der Waals surface area contributed by atoms with Crippen molar-refractivity contribution < 1.29 is 23.4 Å². The summed E-state index contributed by atoms with van der Waals surface area (Å²) in [6.07, 6.45) is 3.50. The highest BCUT2D eigenvalue weighted by Crippen LogP contribution is 2.31. The Labute approximate surface area is 87.4 Å². The number of hydrogen-bond donors (Lipinski definition) is 1. The van der Waals surface area contributed by atoms with Crippen molar-refractivity contribution in [3.05, 3.63) is 0 Å². The van der Waals surface area contributed by atoms with E-state index in [4.69, 9.17) is 5.11 Å². The molecule has 15 heavy (non-hydrogen) atoms. The molecule has 1 N–H and O–H groups in total. The van der Waals surface area contributed by atoms with Crippen LogP contribution < -0.4 is 0 Å². The first-order chi connectivity index (χ1) is 7.08. The standard InChI is InChI=1S/C10H16F2O3/c11-10(12)15-6-8-3-1-2-7(4-8)5-9(13)14/h7-8,10H,1-6H2,(H,13,14). The minimum Gasteiger partial charge on any atom is -0.481 e. The molecule has 2 unspecified atom stereocenters. The van der Waals surface area contributed by atoms with Crippen LogP contribution in [0.2, 0.25) is 0 Å².